The van der Waals surface area contributed by atoms with Crippen LogP contribution in [-0.2, 0) is 0 Å². The molecule has 2 N–H and O–H groups in total. The first-order chi connectivity index (χ1) is 14.2. The Morgan fingerprint density at radius 2 is 1.00 bits per heavy atom. The van der Waals surface area contributed by atoms with Gasteiger partial charge in [-0.3, -0.25) is 0 Å². The fraction of sp³-hybridized carbons (Fsp3) is 0.0769. The molecule has 29 heavy (non-hydrogen) atoms. The quantitative estimate of drug-likeness (QED) is 0.397. The van der Waals surface area contributed by atoms with E-state index < -0.39 is 8.07 Å². The van der Waals surface area contributed by atoms with Crippen molar-refractivity contribution in [3.63, 3.8) is 0 Å². The molecule has 0 fully saturated rings. The molecule has 4 rings (SSSR count). The number of phenols is 2. The zero-order chi connectivity index (χ0) is 20.3. The molecule has 0 saturated carbocycles. The summed E-state index contributed by atoms with van der Waals surface area (Å²) < 4.78 is 0. The van der Waals surface area contributed by atoms with E-state index in [9.17, 15) is 10.2 Å². The Labute approximate surface area is 172 Å². The van der Waals surface area contributed by atoms with E-state index in [0.717, 1.165) is 10.8 Å². The summed E-state index contributed by atoms with van der Waals surface area (Å²) in [6.45, 7) is 2.17. The van der Waals surface area contributed by atoms with Crippen molar-refractivity contribution >= 4 is 23.6 Å². The van der Waals surface area contributed by atoms with E-state index >= 15 is 0 Å². The van der Waals surface area contributed by atoms with Crippen molar-refractivity contribution in [1.29, 1.82) is 0 Å². The number of rotatable bonds is 5. The minimum absolute atomic E-state index is 0.0122. The maximum Gasteiger partial charge on any atom is 0.160 e. The Balaban J connectivity index is 2.13. The minimum atomic E-state index is -2.75. The van der Waals surface area contributed by atoms with Crippen molar-refractivity contribution in [3.05, 3.63) is 115 Å². The molecule has 0 heterocycles. The SMILES string of the molecule is CC(c1ccccc1O)[Si](c1ccccc1)(c1ccccc1)c1ccccc1O. The molecule has 1 atom stereocenters. The predicted molar refractivity (Wildman–Crippen MR) is 122 cm³/mol. The summed E-state index contributed by atoms with van der Waals surface area (Å²) in [5.41, 5.74) is 0.886. The third-order valence-corrected chi connectivity index (χ3v) is 11.2. The summed E-state index contributed by atoms with van der Waals surface area (Å²) in [6, 6.07) is 36.1. The topological polar surface area (TPSA) is 40.5 Å². The van der Waals surface area contributed by atoms with E-state index in [4.69, 9.17) is 0 Å². The molecule has 3 heteroatoms. The molecule has 0 spiro atoms. The molecule has 0 bridgehead atoms. The van der Waals surface area contributed by atoms with Crippen molar-refractivity contribution in [2.24, 2.45) is 0 Å². The second-order valence-electron chi connectivity index (χ2n) is 7.34. The summed E-state index contributed by atoms with van der Waals surface area (Å²) in [6.07, 6.45) is 0. The lowest BCUT2D eigenvalue weighted by atomic mass is 10.1. The van der Waals surface area contributed by atoms with Crippen LogP contribution in [0.2, 0.25) is 0 Å². The molecule has 0 radical (unpaired) electrons. The lowest BCUT2D eigenvalue weighted by Gasteiger charge is -2.39. The Morgan fingerprint density at radius 1 is 0.552 bits per heavy atom. The Morgan fingerprint density at radius 3 is 1.52 bits per heavy atom. The molecule has 144 valence electrons. The fourth-order valence-corrected chi connectivity index (χ4v) is 9.92. The fourth-order valence-electron chi connectivity index (χ4n) is 4.51. The number of para-hydroxylation sites is 2. The molecular formula is C26H24O2Si. The molecule has 2 nitrogen and oxygen atoms in total. The molecule has 0 saturated heterocycles. The second-order valence-corrected chi connectivity index (χ2v) is 11.5. The predicted octanol–water partition coefficient (Wildman–Crippen LogP) is 3.91. The Kier molecular flexibility index (Phi) is 5.23. The number of hydrogen-bond acceptors (Lipinski definition) is 2. The number of benzene rings is 4. The van der Waals surface area contributed by atoms with Gasteiger partial charge < -0.3 is 10.2 Å². The molecule has 4 aromatic carbocycles. The van der Waals surface area contributed by atoms with Gasteiger partial charge in [-0.25, -0.2) is 0 Å². The molecule has 0 amide bonds. The van der Waals surface area contributed by atoms with Crippen LogP contribution in [0.4, 0.5) is 0 Å². The third kappa shape index (κ3) is 3.24. The largest absolute Gasteiger partial charge is 0.508 e. The zero-order valence-electron chi connectivity index (χ0n) is 16.4. The van der Waals surface area contributed by atoms with Gasteiger partial charge in [0, 0.05) is 0 Å². The van der Waals surface area contributed by atoms with E-state index in [1.54, 1.807) is 12.1 Å². The van der Waals surface area contributed by atoms with Crippen LogP contribution in [0.15, 0.2) is 109 Å². The van der Waals surface area contributed by atoms with Crippen LogP contribution in [-0.4, -0.2) is 18.3 Å². The highest BCUT2D eigenvalue weighted by Gasteiger charge is 2.47. The van der Waals surface area contributed by atoms with Crippen LogP contribution >= 0.6 is 0 Å². The van der Waals surface area contributed by atoms with E-state index in [0.29, 0.717) is 11.5 Å². The molecular weight excluding hydrogens is 372 g/mol. The summed E-state index contributed by atoms with van der Waals surface area (Å²) in [5, 5.41) is 25.1. The standard InChI is InChI=1S/C26H24O2Si/c1-20(23-16-8-9-17-24(23)27)29(21-12-4-2-5-13-21,22-14-6-3-7-15-22)26-19-11-10-18-25(26)28/h2-20,27-28H,1H3. The van der Waals surface area contributed by atoms with Gasteiger partial charge in [0.2, 0.25) is 0 Å². The van der Waals surface area contributed by atoms with Crippen molar-refractivity contribution in [2.75, 3.05) is 0 Å². The summed E-state index contributed by atoms with van der Waals surface area (Å²) in [4.78, 5) is 0. The zero-order valence-corrected chi connectivity index (χ0v) is 17.4. The maximum absolute atomic E-state index is 11.0. The molecule has 4 aromatic rings. The monoisotopic (exact) mass is 396 g/mol. The van der Waals surface area contributed by atoms with Gasteiger partial charge in [-0.2, -0.15) is 0 Å². The van der Waals surface area contributed by atoms with Crippen LogP contribution in [0, 0.1) is 0 Å². The van der Waals surface area contributed by atoms with Gasteiger partial charge in [0.15, 0.2) is 8.07 Å². The van der Waals surface area contributed by atoms with Crippen LogP contribution < -0.4 is 15.6 Å². The normalized spacial score (nSPS) is 12.4. The smallest absolute Gasteiger partial charge is 0.160 e. The van der Waals surface area contributed by atoms with Crippen molar-refractivity contribution in [2.45, 2.75) is 12.5 Å². The third-order valence-electron chi connectivity index (χ3n) is 5.84. The van der Waals surface area contributed by atoms with Crippen LogP contribution in [0.25, 0.3) is 0 Å². The van der Waals surface area contributed by atoms with Crippen molar-refractivity contribution in [3.8, 4) is 11.5 Å². The lowest BCUT2D eigenvalue weighted by molar-refractivity contribution is 0.467. The Hall–Kier alpha value is -3.30. The summed E-state index contributed by atoms with van der Waals surface area (Å²) in [5.74, 6) is 0.591. The van der Waals surface area contributed by atoms with E-state index in [-0.39, 0.29) is 5.54 Å². The van der Waals surface area contributed by atoms with Crippen LogP contribution in [0.3, 0.4) is 0 Å². The van der Waals surface area contributed by atoms with Gasteiger partial charge >= 0.3 is 0 Å². The molecule has 0 aliphatic rings. The molecule has 1 unspecified atom stereocenters. The van der Waals surface area contributed by atoms with E-state index in [2.05, 4.69) is 55.5 Å². The Bertz CT molecular complexity index is 1050. The first-order valence-electron chi connectivity index (χ1n) is 9.83. The lowest BCUT2D eigenvalue weighted by Crippen LogP contribution is -2.70. The van der Waals surface area contributed by atoms with Crippen LogP contribution in [0.5, 0.6) is 11.5 Å². The summed E-state index contributed by atoms with van der Waals surface area (Å²) in [7, 11) is -2.75. The van der Waals surface area contributed by atoms with Gasteiger partial charge in [0.05, 0.1) is 0 Å². The van der Waals surface area contributed by atoms with Gasteiger partial charge in [-0.05, 0) is 38.8 Å². The minimum Gasteiger partial charge on any atom is -0.508 e. The number of phenolic OH excluding ortho intramolecular Hbond substituents is 2. The highest BCUT2D eigenvalue weighted by Crippen LogP contribution is 2.33. The van der Waals surface area contributed by atoms with Crippen LogP contribution in [0.1, 0.15) is 18.0 Å². The summed E-state index contributed by atoms with van der Waals surface area (Å²) >= 11 is 0. The average Bonchev–Trinajstić information content (AvgIpc) is 2.77. The van der Waals surface area contributed by atoms with Gasteiger partial charge in [-0.1, -0.05) is 104 Å². The first kappa shape index (κ1) is 19.0. The molecule has 0 aliphatic heterocycles. The van der Waals surface area contributed by atoms with E-state index in [1.165, 1.54) is 10.4 Å². The van der Waals surface area contributed by atoms with Gasteiger partial charge in [0.1, 0.15) is 11.5 Å². The molecule has 0 aromatic heterocycles. The van der Waals surface area contributed by atoms with Crippen molar-refractivity contribution < 1.29 is 10.2 Å². The van der Waals surface area contributed by atoms with Gasteiger partial charge in [0.25, 0.3) is 0 Å². The first-order valence-corrected chi connectivity index (χ1v) is 11.9. The highest BCUT2D eigenvalue weighted by atomic mass is 28.3. The number of hydrogen-bond donors (Lipinski definition) is 2. The van der Waals surface area contributed by atoms with Gasteiger partial charge in [-0.15, -0.1) is 0 Å². The van der Waals surface area contributed by atoms with Crippen molar-refractivity contribution in [1.82, 2.24) is 0 Å². The highest BCUT2D eigenvalue weighted by molar-refractivity contribution is 7.12. The second kappa shape index (κ2) is 7.98. The maximum atomic E-state index is 11.0. The molecule has 0 aliphatic carbocycles. The number of aromatic hydroxyl groups is 2. The average molecular weight is 397 g/mol. The van der Waals surface area contributed by atoms with E-state index in [1.807, 2.05) is 48.5 Å².